The van der Waals surface area contributed by atoms with Crippen LogP contribution in [-0.2, 0) is 13.0 Å². The fourth-order valence-corrected chi connectivity index (χ4v) is 5.50. The number of guanidine groups is 1. The summed E-state index contributed by atoms with van der Waals surface area (Å²) in [6.07, 6.45) is 3.54. The number of thiophene rings is 1. The Bertz CT molecular complexity index is 743. The first kappa shape index (κ1) is 19.7. The molecule has 1 N–H and O–H groups in total. The number of thiazole rings is 1. The Balaban J connectivity index is 1.20. The van der Waals surface area contributed by atoms with Crippen LogP contribution in [0.2, 0.25) is 0 Å². The molecule has 8 heteroatoms. The Morgan fingerprint density at radius 3 is 2.68 bits per heavy atom. The lowest BCUT2D eigenvalue weighted by Gasteiger charge is -2.36. The van der Waals surface area contributed by atoms with E-state index in [1.165, 1.54) is 28.5 Å². The number of rotatable bonds is 6. The van der Waals surface area contributed by atoms with Crippen molar-refractivity contribution in [2.75, 3.05) is 57.8 Å². The van der Waals surface area contributed by atoms with Crippen molar-refractivity contribution in [1.29, 1.82) is 0 Å². The van der Waals surface area contributed by atoms with Gasteiger partial charge in [-0.2, -0.15) is 0 Å². The van der Waals surface area contributed by atoms with Crippen molar-refractivity contribution in [3.8, 4) is 0 Å². The topological polar surface area (TPSA) is 47.0 Å². The number of anilines is 1. The van der Waals surface area contributed by atoms with E-state index in [0.29, 0.717) is 0 Å². The number of nitrogens with zero attached hydrogens (tertiary/aromatic N) is 5. The normalized spacial score (nSPS) is 18.8. The molecule has 2 aromatic rings. The molecule has 4 rings (SSSR count). The van der Waals surface area contributed by atoms with Crippen molar-refractivity contribution in [2.45, 2.75) is 25.8 Å². The monoisotopic (exact) mass is 418 g/mol. The quantitative estimate of drug-likeness (QED) is 0.577. The van der Waals surface area contributed by atoms with E-state index in [0.717, 1.165) is 64.7 Å². The van der Waals surface area contributed by atoms with Crippen LogP contribution in [0, 0.1) is 0 Å². The van der Waals surface area contributed by atoms with Crippen molar-refractivity contribution in [3.63, 3.8) is 0 Å². The summed E-state index contributed by atoms with van der Waals surface area (Å²) in [6.45, 7) is 8.51. The summed E-state index contributed by atoms with van der Waals surface area (Å²) in [7, 11) is 1.88. The van der Waals surface area contributed by atoms with Crippen LogP contribution >= 0.6 is 22.7 Å². The van der Waals surface area contributed by atoms with Crippen molar-refractivity contribution in [2.24, 2.45) is 4.99 Å². The predicted molar refractivity (Wildman–Crippen MR) is 120 cm³/mol. The third-order valence-electron chi connectivity index (χ3n) is 5.42. The predicted octanol–water partition coefficient (Wildman–Crippen LogP) is 2.74. The number of piperazine rings is 1. The molecule has 2 fully saturated rings. The number of aromatic nitrogens is 1. The van der Waals surface area contributed by atoms with Gasteiger partial charge in [0, 0.05) is 76.1 Å². The molecule has 4 heterocycles. The van der Waals surface area contributed by atoms with Gasteiger partial charge in [-0.1, -0.05) is 6.07 Å². The molecule has 152 valence electrons. The largest absolute Gasteiger partial charge is 0.356 e. The highest BCUT2D eigenvalue weighted by Gasteiger charge is 2.20. The average Bonchev–Trinajstić information content (AvgIpc) is 3.48. The molecule has 0 saturated carbocycles. The van der Waals surface area contributed by atoms with Gasteiger partial charge in [-0.05, 0) is 24.3 Å². The SMILES string of the molecule is CN=C(NCCc1csc(N2CCCC2)n1)N1CCN(Cc2cccs2)CC1. The van der Waals surface area contributed by atoms with Crippen molar-refractivity contribution >= 4 is 33.8 Å². The smallest absolute Gasteiger partial charge is 0.193 e. The maximum atomic E-state index is 4.82. The number of hydrogen-bond acceptors (Lipinski definition) is 6. The summed E-state index contributed by atoms with van der Waals surface area (Å²) in [5.41, 5.74) is 1.19. The van der Waals surface area contributed by atoms with Crippen molar-refractivity contribution < 1.29 is 0 Å². The summed E-state index contributed by atoms with van der Waals surface area (Å²) < 4.78 is 0. The van der Waals surface area contributed by atoms with Gasteiger partial charge in [0.25, 0.3) is 0 Å². The standard InChI is InChI=1S/C20H30N6S2/c1-21-19(25-12-10-24(11-13-25)15-18-5-4-14-27-18)22-7-6-17-16-28-20(23-17)26-8-2-3-9-26/h4-5,14,16H,2-3,6-13,15H2,1H3,(H,21,22). The highest BCUT2D eigenvalue weighted by atomic mass is 32.1. The van der Waals surface area contributed by atoms with Crippen LogP contribution in [0.1, 0.15) is 23.4 Å². The summed E-state index contributed by atoms with van der Waals surface area (Å²) >= 11 is 3.63. The zero-order valence-corrected chi connectivity index (χ0v) is 18.3. The van der Waals surface area contributed by atoms with Crippen LogP contribution < -0.4 is 10.2 Å². The molecule has 28 heavy (non-hydrogen) atoms. The van der Waals surface area contributed by atoms with Gasteiger partial charge in [-0.15, -0.1) is 22.7 Å². The molecule has 0 aliphatic carbocycles. The maximum absolute atomic E-state index is 4.82. The Labute approximate surface area is 175 Å². The highest BCUT2D eigenvalue weighted by Crippen LogP contribution is 2.24. The van der Waals surface area contributed by atoms with E-state index in [2.05, 4.69) is 47.9 Å². The van der Waals surface area contributed by atoms with Gasteiger partial charge in [-0.25, -0.2) is 4.98 Å². The Kier molecular flexibility index (Phi) is 6.82. The van der Waals surface area contributed by atoms with E-state index in [9.17, 15) is 0 Å². The lowest BCUT2D eigenvalue weighted by Crippen LogP contribution is -2.52. The molecule has 2 saturated heterocycles. The second-order valence-electron chi connectivity index (χ2n) is 7.38. The van der Waals surface area contributed by atoms with Gasteiger partial charge in [0.2, 0.25) is 0 Å². The van der Waals surface area contributed by atoms with E-state index in [1.807, 2.05) is 18.4 Å². The number of nitrogens with one attached hydrogen (secondary N) is 1. The van der Waals surface area contributed by atoms with Crippen LogP contribution in [0.15, 0.2) is 27.9 Å². The minimum Gasteiger partial charge on any atom is -0.356 e. The molecule has 0 unspecified atom stereocenters. The van der Waals surface area contributed by atoms with E-state index in [-0.39, 0.29) is 0 Å². The lowest BCUT2D eigenvalue weighted by atomic mass is 10.3. The van der Waals surface area contributed by atoms with E-state index >= 15 is 0 Å². The summed E-state index contributed by atoms with van der Waals surface area (Å²) in [5.74, 6) is 1.02. The van der Waals surface area contributed by atoms with Gasteiger partial charge in [0.15, 0.2) is 11.1 Å². The minimum absolute atomic E-state index is 0.880. The third kappa shape index (κ3) is 5.04. The molecule has 0 aromatic carbocycles. The zero-order chi connectivity index (χ0) is 19.2. The van der Waals surface area contributed by atoms with Gasteiger partial charge in [-0.3, -0.25) is 9.89 Å². The molecular weight excluding hydrogens is 388 g/mol. The maximum Gasteiger partial charge on any atom is 0.193 e. The first-order chi connectivity index (χ1) is 13.8. The van der Waals surface area contributed by atoms with Crippen molar-refractivity contribution in [1.82, 2.24) is 20.1 Å². The van der Waals surface area contributed by atoms with Gasteiger partial charge < -0.3 is 15.1 Å². The fraction of sp³-hybridized carbons (Fsp3) is 0.600. The van der Waals surface area contributed by atoms with E-state index in [4.69, 9.17) is 4.98 Å². The van der Waals surface area contributed by atoms with Crippen molar-refractivity contribution in [3.05, 3.63) is 33.5 Å². The molecule has 2 aliphatic rings. The molecule has 0 radical (unpaired) electrons. The van der Waals surface area contributed by atoms with Crippen LogP contribution in [0.5, 0.6) is 0 Å². The number of hydrogen-bond donors (Lipinski definition) is 1. The molecule has 0 amide bonds. The fourth-order valence-electron chi connectivity index (χ4n) is 3.84. The van der Waals surface area contributed by atoms with E-state index < -0.39 is 0 Å². The van der Waals surface area contributed by atoms with Crippen LogP contribution in [0.4, 0.5) is 5.13 Å². The number of aliphatic imine (C=N–C) groups is 1. The second-order valence-corrected chi connectivity index (χ2v) is 9.25. The first-order valence-corrected chi connectivity index (χ1v) is 12.0. The van der Waals surface area contributed by atoms with Crippen LogP contribution in [0.3, 0.4) is 0 Å². The Morgan fingerprint density at radius 2 is 1.96 bits per heavy atom. The average molecular weight is 419 g/mol. The molecule has 0 spiro atoms. The summed E-state index contributed by atoms with van der Waals surface area (Å²) in [5, 5.41) is 9.10. The van der Waals surface area contributed by atoms with Gasteiger partial charge in [0.05, 0.1) is 5.69 Å². The lowest BCUT2D eigenvalue weighted by molar-refractivity contribution is 0.174. The van der Waals surface area contributed by atoms with Crippen LogP contribution in [-0.4, -0.2) is 73.6 Å². The Morgan fingerprint density at radius 1 is 1.14 bits per heavy atom. The molecule has 2 aliphatic heterocycles. The minimum atomic E-state index is 0.880. The Hall–Kier alpha value is -1.64. The first-order valence-electron chi connectivity index (χ1n) is 10.2. The molecule has 0 atom stereocenters. The van der Waals surface area contributed by atoms with Crippen LogP contribution in [0.25, 0.3) is 0 Å². The molecule has 6 nitrogen and oxygen atoms in total. The third-order valence-corrected chi connectivity index (χ3v) is 7.24. The van der Waals surface area contributed by atoms with E-state index in [1.54, 1.807) is 11.3 Å². The van der Waals surface area contributed by atoms with Gasteiger partial charge in [0.1, 0.15) is 0 Å². The van der Waals surface area contributed by atoms with Gasteiger partial charge >= 0.3 is 0 Å². The summed E-state index contributed by atoms with van der Waals surface area (Å²) in [4.78, 5) is 18.1. The second kappa shape index (κ2) is 9.71. The summed E-state index contributed by atoms with van der Waals surface area (Å²) in [6, 6.07) is 4.36. The molecule has 0 bridgehead atoms. The molecular formula is C20H30N6S2. The highest BCUT2D eigenvalue weighted by molar-refractivity contribution is 7.13. The molecule has 2 aromatic heterocycles. The zero-order valence-electron chi connectivity index (χ0n) is 16.6.